The Bertz CT molecular complexity index is 744. The molecule has 1 saturated carbocycles. The van der Waals surface area contributed by atoms with E-state index in [9.17, 15) is 13.2 Å². The van der Waals surface area contributed by atoms with E-state index in [0.29, 0.717) is 12.5 Å². The van der Waals surface area contributed by atoms with Crippen LogP contribution in [0.4, 0.5) is 30.6 Å². The molecule has 124 valence electrons. The van der Waals surface area contributed by atoms with Crippen LogP contribution in [-0.2, 0) is 0 Å². The van der Waals surface area contributed by atoms with Gasteiger partial charge in [-0.3, -0.25) is 0 Å². The summed E-state index contributed by atoms with van der Waals surface area (Å²) in [6, 6.07) is 0. The van der Waals surface area contributed by atoms with Gasteiger partial charge in [0, 0.05) is 6.54 Å². The number of nitrogens with one attached hydrogen (secondary N) is 1. The summed E-state index contributed by atoms with van der Waals surface area (Å²) < 4.78 is 43.0. The van der Waals surface area contributed by atoms with Crippen molar-refractivity contribution in [3.8, 4) is 0 Å². The van der Waals surface area contributed by atoms with Gasteiger partial charge in [-0.15, -0.1) is 0 Å². The minimum atomic E-state index is -1.31. The molecular weight excluding hydrogens is 307 g/mol. The standard InChI is InChI=1S/C15H18F3N5/c16-9-8-12(22-15(20)23-14(8)19)11(18)13(10(9)17)21-6-7-4-2-1-3-5-7/h7,21H,1-6H2,(H4,19,20,22,23). The maximum absolute atomic E-state index is 14.6. The van der Waals surface area contributed by atoms with Crippen LogP contribution < -0.4 is 16.8 Å². The van der Waals surface area contributed by atoms with Crippen LogP contribution in [0.3, 0.4) is 0 Å². The highest BCUT2D eigenvalue weighted by atomic mass is 19.2. The van der Waals surface area contributed by atoms with E-state index in [-0.39, 0.29) is 11.8 Å². The lowest BCUT2D eigenvalue weighted by Crippen LogP contribution is -2.19. The van der Waals surface area contributed by atoms with Crippen molar-refractivity contribution < 1.29 is 13.2 Å². The van der Waals surface area contributed by atoms with Gasteiger partial charge in [-0.1, -0.05) is 19.3 Å². The highest BCUT2D eigenvalue weighted by molar-refractivity contribution is 5.92. The molecule has 1 heterocycles. The summed E-state index contributed by atoms with van der Waals surface area (Å²) >= 11 is 0. The van der Waals surface area contributed by atoms with E-state index in [4.69, 9.17) is 11.5 Å². The summed E-state index contributed by atoms with van der Waals surface area (Å²) in [5, 5.41) is 2.20. The molecule has 0 bridgehead atoms. The van der Waals surface area contributed by atoms with Crippen LogP contribution in [0.15, 0.2) is 0 Å². The molecule has 0 saturated heterocycles. The molecule has 0 atom stereocenters. The van der Waals surface area contributed by atoms with Gasteiger partial charge in [0.05, 0.1) is 5.39 Å². The molecular formula is C15H18F3N5. The van der Waals surface area contributed by atoms with Gasteiger partial charge >= 0.3 is 0 Å². The number of anilines is 3. The van der Waals surface area contributed by atoms with E-state index in [1.54, 1.807) is 0 Å². The molecule has 2 aromatic rings. The maximum atomic E-state index is 14.6. The quantitative estimate of drug-likeness (QED) is 0.754. The molecule has 1 aromatic carbocycles. The van der Waals surface area contributed by atoms with Crippen molar-refractivity contribution in [3.63, 3.8) is 0 Å². The highest BCUT2D eigenvalue weighted by Crippen LogP contribution is 2.33. The molecule has 5 N–H and O–H groups in total. The predicted molar refractivity (Wildman–Crippen MR) is 83.3 cm³/mol. The van der Waals surface area contributed by atoms with Crippen LogP contribution >= 0.6 is 0 Å². The first kappa shape index (κ1) is 15.6. The van der Waals surface area contributed by atoms with Crippen LogP contribution in [0.25, 0.3) is 10.9 Å². The van der Waals surface area contributed by atoms with Gasteiger partial charge in [-0.2, -0.15) is 4.98 Å². The first-order valence-corrected chi connectivity index (χ1v) is 7.62. The van der Waals surface area contributed by atoms with E-state index in [1.807, 2.05) is 0 Å². The summed E-state index contributed by atoms with van der Waals surface area (Å²) in [5.74, 6) is -3.95. The van der Waals surface area contributed by atoms with Crippen LogP contribution in [0.5, 0.6) is 0 Å². The van der Waals surface area contributed by atoms with E-state index in [0.717, 1.165) is 25.7 Å². The highest BCUT2D eigenvalue weighted by Gasteiger charge is 2.24. The molecule has 0 unspecified atom stereocenters. The molecule has 23 heavy (non-hydrogen) atoms. The van der Waals surface area contributed by atoms with Crippen LogP contribution in [0.2, 0.25) is 0 Å². The largest absolute Gasteiger partial charge is 0.383 e. The molecule has 1 aliphatic rings. The minimum Gasteiger partial charge on any atom is -0.383 e. The monoisotopic (exact) mass is 325 g/mol. The number of nitrogens with two attached hydrogens (primary N) is 2. The van der Waals surface area contributed by atoms with Crippen molar-refractivity contribution in [1.82, 2.24) is 9.97 Å². The second-order valence-electron chi connectivity index (χ2n) is 5.89. The Balaban J connectivity index is 1.99. The molecule has 1 aromatic heterocycles. The number of nitrogens with zero attached hydrogens (tertiary/aromatic N) is 2. The molecule has 0 amide bonds. The van der Waals surface area contributed by atoms with E-state index in [2.05, 4.69) is 15.3 Å². The lowest BCUT2D eigenvalue weighted by molar-refractivity contribution is 0.372. The number of rotatable bonds is 3. The van der Waals surface area contributed by atoms with Crippen LogP contribution in [0.1, 0.15) is 32.1 Å². The molecule has 5 nitrogen and oxygen atoms in total. The lowest BCUT2D eigenvalue weighted by Gasteiger charge is -2.22. The van der Waals surface area contributed by atoms with Crippen LogP contribution in [0, 0.1) is 23.4 Å². The summed E-state index contributed by atoms with van der Waals surface area (Å²) in [6.45, 7) is 0.384. The number of aromatic nitrogens is 2. The average Bonchev–Trinajstić information content (AvgIpc) is 2.53. The summed E-state index contributed by atoms with van der Waals surface area (Å²) in [7, 11) is 0. The SMILES string of the molecule is Nc1nc(N)c2c(F)c(F)c(NCC3CCCCC3)c(F)c2n1. The fraction of sp³-hybridized carbons (Fsp3) is 0.467. The minimum absolute atomic E-state index is 0.293. The van der Waals surface area contributed by atoms with E-state index in [1.165, 1.54) is 6.42 Å². The van der Waals surface area contributed by atoms with Gasteiger partial charge in [-0.25, -0.2) is 18.2 Å². The first-order valence-electron chi connectivity index (χ1n) is 7.62. The first-order chi connectivity index (χ1) is 11.0. The van der Waals surface area contributed by atoms with Crippen molar-refractivity contribution in [2.75, 3.05) is 23.3 Å². The number of nitrogen functional groups attached to an aromatic ring is 2. The van der Waals surface area contributed by atoms with Crippen molar-refractivity contribution in [2.45, 2.75) is 32.1 Å². The average molecular weight is 325 g/mol. The topological polar surface area (TPSA) is 89.8 Å². The summed E-state index contributed by atoms with van der Waals surface area (Å²) in [4.78, 5) is 7.20. The number of fused-ring (bicyclic) bond motifs is 1. The molecule has 0 spiro atoms. The predicted octanol–water partition coefficient (Wildman–Crippen LogP) is 3.20. The van der Waals surface area contributed by atoms with Crippen molar-refractivity contribution >= 4 is 28.4 Å². The smallest absolute Gasteiger partial charge is 0.222 e. The molecule has 0 aliphatic heterocycles. The number of halogens is 3. The second-order valence-corrected chi connectivity index (χ2v) is 5.89. The number of hydrogen-bond donors (Lipinski definition) is 3. The second kappa shape index (κ2) is 6.10. The third-order valence-corrected chi connectivity index (χ3v) is 4.31. The maximum Gasteiger partial charge on any atom is 0.222 e. The van der Waals surface area contributed by atoms with Gasteiger partial charge in [0.15, 0.2) is 17.5 Å². The lowest BCUT2D eigenvalue weighted by atomic mass is 9.89. The van der Waals surface area contributed by atoms with E-state index >= 15 is 0 Å². The van der Waals surface area contributed by atoms with Gasteiger partial charge in [0.2, 0.25) is 5.95 Å². The van der Waals surface area contributed by atoms with Crippen molar-refractivity contribution in [2.24, 2.45) is 5.92 Å². The van der Waals surface area contributed by atoms with Gasteiger partial charge < -0.3 is 16.8 Å². The van der Waals surface area contributed by atoms with Gasteiger partial charge in [0.1, 0.15) is 17.0 Å². The molecule has 0 radical (unpaired) electrons. The Hall–Kier alpha value is -2.25. The summed E-state index contributed by atoms with van der Waals surface area (Å²) in [5.41, 5.74) is 9.98. The van der Waals surface area contributed by atoms with Gasteiger partial charge in [0.25, 0.3) is 0 Å². The summed E-state index contributed by atoms with van der Waals surface area (Å²) in [6.07, 6.45) is 5.37. The zero-order valence-corrected chi connectivity index (χ0v) is 12.5. The molecule has 8 heteroatoms. The zero-order valence-electron chi connectivity index (χ0n) is 12.5. The number of hydrogen-bond acceptors (Lipinski definition) is 5. The molecule has 1 aliphatic carbocycles. The zero-order chi connectivity index (χ0) is 16.6. The Morgan fingerprint density at radius 2 is 1.65 bits per heavy atom. The molecule has 1 fully saturated rings. The third kappa shape index (κ3) is 2.85. The fourth-order valence-corrected chi connectivity index (χ4v) is 3.10. The van der Waals surface area contributed by atoms with E-state index < -0.39 is 34.0 Å². The Labute approximate surface area is 131 Å². The Morgan fingerprint density at radius 3 is 2.35 bits per heavy atom. The fourth-order valence-electron chi connectivity index (χ4n) is 3.10. The van der Waals surface area contributed by atoms with Crippen molar-refractivity contribution in [1.29, 1.82) is 0 Å². The van der Waals surface area contributed by atoms with Gasteiger partial charge in [-0.05, 0) is 18.8 Å². The number of benzene rings is 1. The third-order valence-electron chi connectivity index (χ3n) is 4.31. The molecule has 3 rings (SSSR count). The van der Waals surface area contributed by atoms with Crippen molar-refractivity contribution in [3.05, 3.63) is 17.5 Å². The normalized spacial score (nSPS) is 16.0. The Kier molecular flexibility index (Phi) is 4.14. The van der Waals surface area contributed by atoms with Crippen LogP contribution in [-0.4, -0.2) is 16.5 Å². The Morgan fingerprint density at radius 1 is 0.957 bits per heavy atom.